The SMILES string of the molecule is O=C(/C=C/c1cccs1)N1CCN(c2nc3ccc(OC(F)(F)F)cc3s2)CC1. The van der Waals surface area contributed by atoms with Crippen LogP contribution in [0.2, 0.25) is 0 Å². The number of thiazole rings is 1. The fraction of sp³-hybridized carbons (Fsp3) is 0.263. The van der Waals surface area contributed by atoms with E-state index in [0.29, 0.717) is 36.4 Å². The number of rotatable bonds is 4. The van der Waals surface area contributed by atoms with Crippen molar-refractivity contribution in [3.63, 3.8) is 0 Å². The molecule has 1 amide bonds. The monoisotopic (exact) mass is 439 g/mol. The van der Waals surface area contributed by atoms with Crippen molar-refractivity contribution in [3.05, 3.63) is 46.7 Å². The molecule has 29 heavy (non-hydrogen) atoms. The summed E-state index contributed by atoms with van der Waals surface area (Å²) in [6, 6.07) is 8.01. The Morgan fingerprint density at radius 2 is 1.97 bits per heavy atom. The number of halogens is 3. The van der Waals surface area contributed by atoms with Crippen LogP contribution in [-0.4, -0.2) is 48.3 Å². The largest absolute Gasteiger partial charge is 0.573 e. The van der Waals surface area contributed by atoms with Gasteiger partial charge in [0, 0.05) is 43.2 Å². The fourth-order valence-electron chi connectivity index (χ4n) is 2.99. The molecule has 0 atom stereocenters. The highest BCUT2D eigenvalue weighted by molar-refractivity contribution is 7.22. The molecule has 5 nitrogen and oxygen atoms in total. The summed E-state index contributed by atoms with van der Waals surface area (Å²) >= 11 is 2.88. The van der Waals surface area contributed by atoms with Gasteiger partial charge in [-0.3, -0.25) is 4.79 Å². The summed E-state index contributed by atoms with van der Waals surface area (Å²) in [5.41, 5.74) is 0.622. The summed E-state index contributed by atoms with van der Waals surface area (Å²) in [4.78, 5) is 21.7. The maximum absolute atomic E-state index is 12.4. The average molecular weight is 439 g/mol. The van der Waals surface area contributed by atoms with E-state index in [-0.39, 0.29) is 11.7 Å². The number of hydrogen-bond donors (Lipinski definition) is 0. The van der Waals surface area contributed by atoms with E-state index in [2.05, 4.69) is 9.72 Å². The third kappa shape index (κ3) is 4.88. The van der Waals surface area contributed by atoms with Gasteiger partial charge in [0.1, 0.15) is 5.75 Å². The van der Waals surface area contributed by atoms with E-state index < -0.39 is 6.36 Å². The molecule has 0 saturated carbocycles. The number of benzene rings is 1. The van der Waals surface area contributed by atoms with Crippen molar-refractivity contribution in [3.8, 4) is 5.75 Å². The number of ether oxygens (including phenoxy) is 1. The number of amides is 1. The zero-order valence-corrected chi connectivity index (χ0v) is 16.7. The number of alkyl halides is 3. The molecule has 0 unspecified atom stereocenters. The van der Waals surface area contributed by atoms with Gasteiger partial charge in [-0.05, 0) is 29.7 Å². The minimum Gasteiger partial charge on any atom is -0.406 e. The molecule has 3 heterocycles. The molecule has 1 fully saturated rings. The van der Waals surface area contributed by atoms with Gasteiger partial charge in [-0.25, -0.2) is 4.98 Å². The molecule has 1 saturated heterocycles. The zero-order valence-electron chi connectivity index (χ0n) is 15.1. The highest BCUT2D eigenvalue weighted by Gasteiger charge is 2.31. The Hall–Kier alpha value is -2.59. The molecule has 1 aliphatic heterocycles. The smallest absolute Gasteiger partial charge is 0.406 e. The second-order valence-corrected chi connectivity index (χ2v) is 8.32. The van der Waals surface area contributed by atoms with Gasteiger partial charge in [0.15, 0.2) is 5.13 Å². The molecule has 2 aromatic heterocycles. The number of carbonyl (C=O) groups excluding carboxylic acids is 1. The normalized spacial score (nSPS) is 15.4. The predicted octanol–water partition coefficient (Wildman–Crippen LogP) is 4.62. The van der Waals surface area contributed by atoms with Crippen molar-refractivity contribution < 1.29 is 22.7 Å². The van der Waals surface area contributed by atoms with Gasteiger partial charge >= 0.3 is 6.36 Å². The van der Waals surface area contributed by atoms with E-state index >= 15 is 0 Å². The number of nitrogens with zero attached hydrogens (tertiary/aromatic N) is 3. The number of thiophene rings is 1. The Balaban J connectivity index is 1.39. The van der Waals surface area contributed by atoms with E-state index in [9.17, 15) is 18.0 Å². The molecule has 10 heteroatoms. The maximum Gasteiger partial charge on any atom is 0.573 e. The minimum atomic E-state index is -4.72. The zero-order chi connectivity index (χ0) is 20.4. The summed E-state index contributed by atoms with van der Waals surface area (Å²) in [5.74, 6) is -0.288. The molecule has 0 spiro atoms. The molecule has 0 aliphatic carbocycles. The topological polar surface area (TPSA) is 45.7 Å². The quantitative estimate of drug-likeness (QED) is 0.557. The van der Waals surface area contributed by atoms with Crippen molar-refractivity contribution in [1.82, 2.24) is 9.88 Å². The van der Waals surface area contributed by atoms with Gasteiger partial charge in [-0.2, -0.15) is 0 Å². The molecular weight excluding hydrogens is 423 g/mol. The van der Waals surface area contributed by atoms with Gasteiger partial charge in [0.2, 0.25) is 5.91 Å². The number of piperazine rings is 1. The molecule has 3 aromatic rings. The van der Waals surface area contributed by atoms with Gasteiger partial charge < -0.3 is 14.5 Å². The number of anilines is 1. The highest BCUT2D eigenvalue weighted by atomic mass is 32.1. The van der Waals surface area contributed by atoms with E-state index in [1.54, 1.807) is 22.3 Å². The van der Waals surface area contributed by atoms with Crippen molar-refractivity contribution >= 4 is 50.0 Å². The molecule has 1 aromatic carbocycles. The lowest BCUT2D eigenvalue weighted by molar-refractivity contribution is -0.274. The summed E-state index contributed by atoms with van der Waals surface area (Å²) in [7, 11) is 0. The third-order valence-corrected chi connectivity index (χ3v) is 6.29. The molecule has 1 aliphatic rings. The number of aromatic nitrogens is 1. The van der Waals surface area contributed by atoms with Crippen LogP contribution in [-0.2, 0) is 4.79 Å². The lowest BCUT2D eigenvalue weighted by Crippen LogP contribution is -2.48. The average Bonchev–Trinajstić information content (AvgIpc) is 3.34. The van der Waals surface area contributed by atoms with Crippen LogP contribution < -0.4 is 9.64 Å². The van der Waals surface area contributed by atoms with Crippen LogP contribution in [0.1, 0.15) is 4.88 Å². The first-order valence-electron chi connectivity index (χ1n) is 8.79. The molecule has 0 bridgehead atoms. The summed E-state index contributed by atoms with van der Waals surface area (Å²) in [6.45, 7) is 2.35. The minimum absolute atomic E-state index is 0.0312. The van der Waals surface area contributed by atoms with Gasteiger partial charge in [0.05, 0.1) is 10.2 Å². The van der Waals surface area contributed by atoms with Crippen LogP contribution in [0.5, 0.6) is 5.75 Å². The van der Waals surface area contributed by atoms with Crippen molar-refractivity contribution in [1.29, 1.82) is 0 Å². The van der Waals surface area contributed by atoms with Gasteiger partial charge in [-0.1, -0.05) is 17.4 Å². The number of hydrogen-bond acceptors (Lipinski definition) is 6. The van der Waals surface area contributed by atoms with Crippen LogP contribution in [0, 0.1) is 0 Å². The summed E-state index contributed by atoms with van der Waals surface area (Å²) in [5, 5.41) is 2.68. The first-order valence-corrected chi connectivity index (χ1v) is 10.5. The van der Waals surface area contributed by atoms with Gasteiger partial charge in [-0.15, -0.1) is 24.5 Å². The van der Waals surface area contributed by atoms with Crippen molar-refractivity contribution in [2.24, 2.45) is 0 Å². The Kier molecular flexibility index (Phi) is 5.46. The van der Waals surface area contributed by atoms with E-state index in [1.165, 1.54) is 29.5 Å². The fourth-order valence-corrected chi connectivity index (χ4v) is 4.65. The maximum atomic E-state index is 12.4. The molecule has 0 N–H and O–H groups in total. The molecule has 4 rings (SSSR count). The Morgan fingerprint density at radius 3 is 2.66 bits per heavy atom. The highest BCUT2D eigenvalue weighted by Crippen LogP contribution is 2.33. The van der Waals surface area contributed by atoms with Gasteiger partial charge in [0.25, 0.3) is 0 Å². The van der Waals surface area contributed by atoms with Crippen molar-refractivity contribution in [2.45, 2.75) is 6.36 Å². The van der Waals surface area contributed by atoms with Crippen LogP contribution >= 0.6 is 22.7 Å². The van der Waals surface area contributed by atoms with Crippen LogP contribution in [0.3, 0.4) is 0 Å². The van der Waals surface area contributed by atoms with Crippen LogP contribution in [0.25, 0.3) is 16.3 Å². The second kappa shape index (κ2) is 8.03. The molecule has 152 valence electrons. The summed E-state index contributed by atoms with van der Waals surface area (Å²) < 4.78 is 41.8. The standard InChI is InChI=1S/C19H16F3N3O2S2/c20-19(21,22)27-13-3-5-15-16(12-13)29-18(23-15)25-9-7-24(8-10-25)17(26)6-4-14-2-1-11-28-14/h1-6,11-12H,7-10H2/b6-4+. The Bertz CT molecular complexity index is 1020. The third-order valence-electron chi connectivity index (χ3n) is 4.38. The Morgan fingerprint density at radius 1 is 1.17 bits per heavy atom. The van der Waals surface area contributed by atoms with E-state index in [0.717, 1.165) is 10.0 Å². The number of fused-ring (bicyclic) bond motifs is 1. The van der Waals surface area contributed by atoms with Crippen LogP contribution in [0.4, 0.5) is 18.3 Å². The predicted molar refractivity (Wildman–Crippen MR) is 108 cm³/mol. The first kappa shape index (κ1) is 19.7. The Labute approximate surface area is 172 Å². The number of carbonyl (C=O) groups is 1. The molecular formula is C19H16F3N3O2S2. The second-order valence-electron chi connectivity index (χ2n) is 6.33. The summed E-state index contributed by atoms with van der Waals surface area (Å²) in [6.07, 6.45) is -1.32. The van der Waals surface area contributed by atoms with Crippen molar-refractivity contribution in [2.75, 3.05) is 31.1 Å². The first-order chi connectivity index (χ1) is 13.9. The lowest BCUT2D eigenvalue weighted by Gasteiger charge is -2.34. The van der Waals surface area contributed by atoms with Crippen LogP contribution in [0.15, 0.2) is 41.8 Å². The van der Waals surface area contributed by atoms with E-state index in [1.807, 2.05) is 28.5 Å². The van der Waals surface area contributed by atoms with E-state index in [4.69, 9.17) is 0 Å². The molecule has 0 radical (unpaired) electrons. The lowest BCUT2D eigenvalue weighted by atomic mass is 10.3.